The molecule has 2 aromatic heterocycles. The predicted octanol–water partition coefficient (Wildman–Crippen LogP) is 5.53. The van der Waals surface area contributed by atoms with Crippen LogP contribution < -0.4 is 0 Å². The number of benzene rings is 1. The van der Waals surface area contributed by atoms with Crippen molar-refractivity contribution in [2.24, 2.45) is 0 Å². The van der Waals surface area contributed by atoms with Gasteiger partial charge in [0.1, 0.15) is 0 Å². The molecule has 4 rings (SSSR count). The van der Waals surface area contributed by atoms with Crippen molar-refractivity contribution in [2.75, 3.05) is 19.6 Å². The number of aromatic nitrogens is 1. The van der Waals surface area contributed by atoms with E-state index in [2.05, 4.69) is 69.9 Å². The number of pyridine rings is 1. The zero-order chi connectivity index (χ0) is 17.6. The van der Waals surface area contributed by atoms with Crippen LogP contribution in [0.2, 0.25) is 0 Å². The summed E-state index contributed by atoms with van der Waals surface area (Å²) in [6.45, 7) is 3.41. The summed E-state index contributed by atoms with van der Waals surface area (Å²) in [7, 11) is 0. The lowest BCUT2D eigenvalue weighted by Gasteiger charge is -2.26. The van der Waals surface area contributed by atoms with Gasteiger partial charge in [-0.2, -0.15) is 0 Å². The standard InChI is InChI=1S/C23H24N2S/c1-2-7-20(8-3-1)22-16-19(17-24-18-22)6-4-12-25-13-10-21(11-14-25)23-9-5-15-26-23/h1-3,5,7-10,15-18H,4,6,11-14H2. The van der Waals surface area contributed by atoms with Crippen molar-refractivity contribution in [1.82, 2.24) is 9.88 Å². The van der Waals surface area contributed by atoms with Crippen LogP contribution in [-0.4, -0.2) is 29.5 Å². The highest BCUT2D eigenvalue weighted by molar-refractivity contribution is 7.11. The average molecular weight is 361 g/mol. The molecule has 3 heteroatoms. The Labute approximate surface area is 159 Å². The van der Waals surface area contributed by atoms with Crippen LogP contribution in [0.3, 0.4) is 0 Å². The second-order valence-electron chi connectivity index (χ2n) is 6.81. The fraction of sp³-hybridized carbons (Fsp3) is 0.261. The summed E-state index contributed by atoms with van der Waals surface area (Å²) < 4.78 is 0. The first-order chi connectivity index (χ1) is 12.9. The third kappa shape index (κ3) is 4.29. The lowest BCUT2D eigenvalue weighted by Crippen LogP contribution is -2.29. The van der Waals surface area contributed by atoms with Crippen molar-refractivity contribution >= 4 is 16.9 Å². The van der Waals surface area contributed by atoms with Gasteiger partial charge in [0.2, 0.25) is 0 Å². The topological polar surface area (TPSA) is 16.1 Å². The highest BCUT2D eigenvalue weighted by atomic mass is 32.1. The summed E-state index contributed by atoms with van der Waals surface area (Å²) in [5.41, 5.74) is 5.31. The van der Waals surface area contributed by atoms with E-state index in [1.807, 2.05) is 23.7 Å². The van der Waals surface area contributed by atoms with Gasteiger partial charge < -0.3 is 0 Å². The molecule has 0 amide bonds. The minimum absolute atomic E-state index is 1.08. The van der Waals surface area contributed by atoms with Gasteiger partial charge in [0.05, 0.1) is 0 Å². The molecule has 1 aromatic carbocycles. The maximum Gasteiger partial charge on any atom is 0.0346 e. The number of rotatable bonds is 6. The smallest absolute Gasteiger partial charge is 0.0346 e. The van der Waals surface area contributed by atoms with Gasteiger partial charge >= 0.3 is 0 Å². The summed E-state index contributed by atoms with van der Waals surface area (Å²) in [6.07, 6.45) is 9.82. The van der Waals surface area contributed by atoms with Crippen LogP contribution in [0.15, 0.2) is 72.4 Å². The molecular formula is C23H24N2S. The maximum atomic E-state index is 4.44. The van der Waals surface area contributed by atoms with E-state index in [4.69, 9.17) is 0 Å². The molecule has 0 saturated carbocycles. The van der Waals surface area contributed by atoms with Gasteiger partial charge in [-0.3, -0.25) is 9.88 Å². The summed E-state index contributed by atoms with van der Waals surface area (Å²) >= 11 is 1.85. The van der Waals surface area contributed by atoms with Gasteiger partial charge in [-0.15, -0.1) is 11.3 Å². The zero-order valence-electron chi connectivity index (χ0n) is 15.0. The Morgan fingerprint density at radius 1 is 1.00 bits per heavy atom. The predicted molar refractivity (Wildman–Crippen MR) is 111 cm³/mol. The minimum atomic E-state index is 1.08. The molecule has 1 aliphatic rings. The molecule has 26 heavy (non-hydrogen) atoms. The van der Waals surface area contributed by atoms with Gasteiger partial charge in [0, 0.05) is 35.9 Å². The van der Waals surface area contributed by atoms with Crippen molar-refractivity contribution in [2.45, 2.75) is 19.3 Å². The Bertz CT molecular complexity index is 853. The van der Waals surface area contributed by atoms with E-state index in [1.165, 1.54) is 46.5 Å². The molecule has 132 valence electrons. The molecule has 3 aromatic rings. The van der Waals surface area contributed by atoms with Crippen LogP contribution in [0.1, 0.15) is 23.3 Å². The minimum Gasteiger partial charge on any atom is -0.299 e. The molecule has 1 aliphatic heterocycles. The number of hydrogen-bond acceptors (Lipinski definition) is 3. The van der Waals surface area contributed by atoms with Crippen LogP contribution in [0.4, 0.5) is 0 Å². The summed E-state index contributed by atoms with van der Waals surface area (Å²) in [6, 6.07) is 17.2. The Kier molecular flexibility index (Phi) is 5.58. The molecule has 0 saturated heterocycles. The monoisotopic (exact) mass is 360 g/mol. The SMILES string of the molecule is C1=C(c2cccs2)CCN(CCCc2cncc(-c3ccccc3)c2)C1. The zero-order valence-corrected chi connectivity index (χ0v) is 15.8. The number of aryl methyl sites for hydroxylation is 1. The molecule has 0 aliphatic carbocycles. The summed E-state index contributed by atoms with van der Waals surface area (Å²) in [4.78, 5) is 8.44. The molecule has 3 heterocycles. The normalized spacial score (nSPS) is 15.0. The van der Waals surface area contributed by atoms with E-state index in [9.17, 15) is 0 Å². The molecule has 0 bridgehead atoms. The van der Waals surface area contributed by atoms with Crippen LogP contribution in [0, 0.1) is 0 Å². The van der Waals surface area contributed by atoms with Gasteiger partial charge in [-0.05, 0) is 60.0 Å². The number of hydrogen-bond donors (Lipinski definition) is 0. The van der Waals surface area contributed by atoms with Gasteiger partial charge in [0.15, 0.2) is 0 Å². The van der Waals surface area contributed by atoms with Crippen molar-refractivity contribution in [3.05, 3.63) is 82.8 Å². The molecule has 0 unspecified atom stereocenters. The largest absolute Gasteiger partial charge is 0.299 e. The fourth-order valence-corrected chi connectivity index (χ4v) is 4.32. The lowest BCUT2D eigenvalue weighted by atomic mass is 10.0. The Morgan fingerprint density at radius 2 is 1.92 bits per heavy atom. The molecule has 2 nitrogen and oxygen atoms in total. The first-order valence-corrected chi connectivity index (χ1v) is 10.2. The fourth-order valence-electron chi connectivity index (χ4n) is 3.52. The average Bonchev–Trinajstić information content (AvgIpc) is 3.24. The summed E-state index contributed by atoms with van der Waals surface area (Å²) in [5.74, 6) is 0. The summed E-state index contributed by atoms with van der Waals surface area (Å²) in [5, 5.41) is 2.17. The first-order valence-electron chi connectivity index (χ1n) is 9.33. The number of thiophene rings is 1. The van der Waals surface area contributed by atoms with Crippen LogP contribution in [0.25, 0.3) is 16.7 Å². The Balaban J connectivity index is 1.29. The van der Waals surface area contributed by atoms with E-state index < -0.39 is 0 Å². The van der Waals surface area contributed by atoms with Crippen molar-refractivity contribution in [3.8, 4) is 11.1 Å². The molecule has 0 fully saturated rings. The Hall–Kier alpha value is -2.23. The maximum absolute atomic E-state index is 4.44. The van der Waals surface area contributed by atoms with Crippen molar-refractivity contribution < 1.29 is 0 Å². The van der Waals surface area contributed by atoms with Gasteiger partial charge in [-0.1, -0.05) is 42.5 Å². The second-order valence-corrected chi connectivity index (χ2v) is 7.76. The van der Waals surface area contributed by atoms with Crippen LogP contribution in [-0.2, 0) is 6.42 Å². The molecular weight excluding hydrogens is 336 g/mol. The highest BCUT2D eigenvalue weighted by Crippen LogP contribution is 2.26. The Morgan fingerprint density at radius 3 is 2.69 bits per heavy atom. The number of nitrogens with zero attached hydrogens (tertiary/aromatic N) is 2. The second kappa shape index (κ2) is 8.43. The van der Waals surface area contributed by atoms with Crippen molar-refractivity contribution in [3.63, 3.8) is 0 Å². The third-order valence-corrected chi connectivity index (χ3v) is 5.92. The van der Waals surface area contributed by atoms with E-state index in [0.29, 0.717) is 0 Å². The third-order valence-electron chi connectivity index (χ3n) is 4.97. The molecule has 0 atom stereocenters. The molecule has 0 N–H and O–H groups in total. The van der Waals surface area contributed by atoms with E-state index in [0.717, 1.165) is 19.5 Å². The first kappa shape index (κ1) is 17.2. The van der Waals surface area contributed by atoms with E-state index >= 15 is 0 Å². The van der Waals surface area contributed by atoms with Crippen LogP contribution >= 0.6 is 11.3 Å². The van der Waals surface area contributed by atoms with Gasteiger partial charge in [0.25, 0.3) is 0 Å². The lowest BCUT2D eigenvalue weighted by molar-refractivity contribution is 0.298. The van der Waals surface area contributed by atoms with E-state index in [-0.39, 0.29) is 0 Å². The van der Waals surface area contributed by atoms with E-state index in [1.54, 1.807) is 0 Å². The quantitative estimate of drug-likeness (QED) is 0.574. The molecule has 0 spiro atoms. The highest BCUT2D eigenvalue weighted by Gasteiger charge is 2.13. The molecule has 0 radical (unpaired) electrons. The van der Waals surface area contributed by atoms with Crippen molar-refractivity contribution in [1.29, 1.82) is 0 Å². The van der Waals surface area contributed by atoms with Gasteiger partial charge in [-0.25, -0.2) is 0 Å². The van der Waals surface area contributed by atoms with Crippen LogP contribution in [0.5, 0.6) is 0 Å².